The first-order valence-corrected chi connectivity index (χ1v) is 6.26. The quantitative estimate of drug-likeness (QED) is 0.583. The number of carbonyl (C=O) groups excluding carboxylic acids is 1. The smallest absolute Gasteiger partial charge is 0.275 e. The van der Waals surface area contributed by atoms with E-state index in [1.807, 2.05) is 0 Å². The number of hydrogen-bond acceptors (Lipinski definition) is 5. The van der Waals surface area contributed by atoms with Crippen molar-refractivity contribution in [3.63, 3.8) is 0 Å². The van der Waals surface area contributed by atoms with Crippen LogP contribution >= 0.6 is 0 Å². The van der Waals surface area contributed by atoms with Gasteiger partial charge in [0, 0.05) is 19.0 Å². The molecule has 0 aliphatic carbocycles. The van der Waals surface area contributed by atoms with Crippen LogP contribution in [0.2, 0.25) is 0 Å². The fourth-order valence-electron chi connectivity index (χ4n) is 1.72. The SMILES string of the molecule is CCC(=O)NCCC(O)c1cc(OC)ccc1[N+](=O)[O-]. The molecule has 1 unspecified atom stereocenters. The number of hydrogen-bond donors (Lipinski definition) is 2. The summed E-state index contributed by atoms with van der Waals surface area (Å²) in [6.07, 6.45) is -0.488. The number of nitro groups is 1. The lowest BCUT2D eigenvalue weighted by atomic mass is 10.0. The molecule has 110 valence electrons. The maximum Gasteiger partial charge on any atom is 0.275 e. The van der Waals surface area contributed by atoms with Gasteiger partial charge in [-0.15, -0.1) is 0 Å². The van der Waals surface area contributed by atoms with Gasteiger partial charge in [0.2, 0.25) is 5.91 Å². The number of aliphatic hydroxyl groups is 1. The summed E-state index contributed by atoms with van der Waals surface area (Å²) >= 11 is 0. The Bertz CT molecular complexity index is 490. The van der Waals surface area contributed by atoms with Crippen molar-refractivity contribution >= 4 is 11.6 Å². The molecule has 1 aromatic carbocycles. The Morgan fingerprint density at radius 1 is 1.55 bits per heavy atom. The van der Waals surface area contributed by atoms with Crippen molar-refractivity contribution in [1.82, 2.24) is 5.32 Å². The van der Waals surface area contributed by atoms with Crippen LogP contribution in [0.15, 0.2) is 18.2 Å². The van der Waals surface area contributed by atoms with E-state index in [0.717, 1.165) is 0 Å². The molecular weight excluding hydrogens is 264 g/mol. The molecule has 1 amide bonds. The zero-order chi connectivity index (χ0) is 15.1. The molecule has 7 heteroatoms. The lowest BCUT2D eigenvalue weighted by Crippen LogP contribution is -2.24. The highest BCUT2D eigenvalue weighted by atomic mass is 16.6. The maximum absolute atomic E-state index is 11.1. The Morgan fingerprint density at radius 3 is 2.80 bits per heavy atom. The van der Waals surface area contributed by atoms with E-state index in [2.05, 4.69) is 5.32 Å². The van der Waals surface area contributed by atoms with Crippen molar-refractivity contribution in [2.75, 3.05) is 13.7 Å². The predicted molar refractivity (Wildman–Crippen MR) is 72.5 cm³/mol. The molecule has 0 saturated carbocycles. The number of benzene rings is 1. The normalized spacial score (nSPS) is 11.8. The summed E-state index contributed by atoms with van der Waals surface area (Å²) in [5, 5.41) is 23.6. The Hall–Kier alpha value is -2.15. The van der Waals surface area contributed by atoms with E-state index >= 15 is 0 Å². The molecule has 0 spiro atoms. The van der Waals surface area contributed by atoms with E-state index in [1.165, 1.54) is 25.3 Å². The van der Waals surface area contributed by atoms with Crippen molar-refractivity contribution in [2.24, 2.45) is 0 Å². The number of methoxy groups -OCH3 is 1. The minimum atomic E-state index is -1.04. The molecule has 0 radical (unpaired) electrons. The Balaban J connectivity index is 2.81. The van der Waals surface area contributed by atoms with Crippen LogP contribution in [0.25, 0.3) is 0 Å². The number of ether oxygens (including phenoxy) is 1. The second kappa shape index (κ2) is 7.44. The molecule has 0 saturated heterocycles. The average molecular weight is 282 g/mol. The number of amides is 1. The molecular formula is C13H18N2O5. The molecule has 0 heterocycles. The fourth-order valence-corrected chi connectivity index (χ4v) is 1.72. The summed E-state index contributed by atoms with van der Waals surface area (Å²) in [7, 11) is 1.44. The van der Waals surface area contributed by atoms with Gasteiger partial charge in [0.25, 0.3) is 5.69 Å². The lowest BCUT2D eigenvalue weighted by Gasteiger charge is -2.13. The summed E-state index contributed by atoms with van der Waals surface area (Å²) in [5.41, 5.74) is 0.0141. The van der Waals surface area contributed by atoms with Crippen LogP contribution < -0.4 is 10.1 Å². The molecule has 0 bridgehead atoms. The highest BCUT2D eigenvalue weighted by Gasteiger charge is 2.21. The highest BCUT2D eigenvalue weighted by Crippen LogP contribution is 2.30. The van der Waals surface area contributed by atoms with Gasteiger partial charge < -0.3 is 15.2 Å². The number of nitrogens with zero attached hydrogens (tertiary/aromatic N) is 1. The van der Waals surface area contributed by atoms with Crippen molar-refractivity contribution in [2.45, 2.75) is 25.9 Å². The second-order valence-corrected chi connectivity index (χ2v) is 4.19. The molecule has 1 aromatic rings. The standard InChI is InChI=1S/C13H18N2O5/c1-3-13(17)14-7-6-12(16)10-8-9(20-2)4-5-11(10)15(18)19/h4-5,8,12,16H,3,6-7H2,1-2H3,(H,14,17). The number of rotatable bonds is 7. The largest absolute Gasteiger partial charge is 0.497 e. The van der Waals surface area contributed by atoms with Crippen molar-refractivity contribution in [3.8, 4) is 5.75 Å². The summed E-state index contributed by atoms with van der Waals surface area (Å²) in [6.45, 7) is 1.97. The zero-order valence-electron chi connectivity index (χ0n) is 11.5. The van der Waals surface area contributed by atoms with E-state index < -0.39 is 11.0 Å². The molecule has 7 nitrogen and oxygen atoms in total. The summed E-state index contributed by atoms with van der Waals surface area (Å²) < 4.78 is 5.00. The maximum atomic E-state index is 11.1. The van der Waals surface area contributed by atoms with Crippen molar-refractivity contribution in [1.29, 1.82) is 0 Å². The minimum absolute atomic E-state index is 0.127. The molecule has 1 atom stereocenters. The first-order chi connectivity index (χ1) is 9.49. The number of nitrogens with one attached hydrogen (secondary N) is 1. The van der Waals surface area contributed by atoms with Gasteiger partial charge in [-0.1, -0.05) is 6.92 Å². The molecule has 0 aliphatic heterocycles. The van der Waals surface area contributed by atoms with Gasteiger partial charge in [0.05, 0.1) is 23.7 Å². The molecule has 20 heavy (non-hydrogen) atoms. The molecule has 1 rings (SSSR count). The van der Waals surface area contributed by atoms with Crippen LogP contribution in [0.3, 0.4) is 0 Å². The summed E-state index contributed by atoms with van der Waals surface area (Å²) in [5.74, 6) is 0.305. The van der Waals surface area contributed by atoms with Gasteiger partial charge in [-0.25, -0.2) is 0 Å². The Labute approximate surface area is 116 Å². The van der Waals surface area contributed by atoms with Crippen molar-refractivity contribution in [3.05, 3.63) is 33.9 Å². The number of aliphatic hydroxyl groups excluding tert-OH is 1. The number of carbonyl (C=O) groups is 1. The minimum Gasteiger partial charge on any atom is -0.497 e. The van der Waals surface area contributed by atoms with Crippen LogP contribution in [0.1, 0.15) is 31.4 Å². The predicted octanol–water partition coefficient (Wildman–Crippen LogP) is 1.55. The molecule has 0 fully saturated rings. The van der Waals surface area contributed by atoms with Gasteiger partial charge >= 0.3 is 0 Å². The van der Waals surface area contributed by atoms with E-state index in [9.17, 15) is 20.0 Å². The summed E-state index contributed by atoms with van der Waals surface area (Å²) in [6, 6.07) is 4.19. The van der Waals surface area contributed by atoms with Gasteiger partial charge in [-0.05, 0) is 18.6 Å². The lowest BCUT2D eigenvalue weighted by molar-refractivity contribution is -0.386. The van der Waals surface area contributed by atoms with Gasteiger partial charge in [0.15, 0.2) is 0 Å². The number of nitro benzene ring substituents is 1. The first kappa shape index (κ1) is 15.9. The molecule has 0 aliphatic rings. The van der Waals surface area contributed by atoms with Crippen LogP contribution in [0, 0.1) is 10.1 Å². The third-order valence-electron chi connectivity index (χ3n) is 2.85. The Kier molecular flexibility index (Phi) is 5.92. The third-order valence-corrected chi connectivity index (χ3v) is 2.85. The van der Waals surface area contributed by atoms with Gasteiger partial charge in [-0.3, -0.25) is 14.9 Å². The van der Waals surface area contributed by atoms with E-state index in [0.29, 0.717) is 12.2 Å². The fraction of sp³-hybridized carbons (Fsp3) is 0.462. The zero-order valence-corrected chi connectivity index (χ0v) is 11.5. The third kappa shape index (κ3) is 4.20. The Morgan fingerprint density at radius 2 is 2.25 bits per heavy atom. The topological polar surface area (TPSA) is 102 Å². The van der Waals surface area contributed by atoms with Gasteiger partial charge in [-0.2, -0.15) is 0 Å². The van der Waals surface area contributed by atoms with E-state index in [1.54, 1.807) is 6.92 Å². The van der Waals surface area contributed by atoms with Crippen LogP contribution in [0.4, 0.5) is 5.69 Å². The average Bonchev–Trinajstić information content (AvgIpc) is 2.45. The molecule has 2 N–H and O–H groups in total. The first-order valence-electron chi connectivity index (χ1n) is 6.26. The summed E-state index contributed by atoms with van der Waals surface area (Å²) in [4.78, 5) is 21.5. The van der Waals surface area contributed by atoms with Crippen LogP contribution in [-0.4, -0.2) is 29.6 Å². The second-order valence-electron chi connectivity index (χ2n) is 4.19. The van der Waals surface area contributed by atoms with E-state index in [4.69, 9.17) is 4.74 Å². The van der Waals surface area contributed by atoms with Crippen molar-refractivity contribution < 1.29 is 19.6 Å². The molecule has 0 aromatic heterocycles. The highest BCUT2D eigenvalue weighted by molar-refractivity contribution is 5.75. The van der Waals surface area contributed by atoms with Crippen LogP contribution in [-0.2, 0) is 4.79 Å². The van der Waals surface area contributed by atoms with Crippen LogP contribution in [0.5, 0.6) is 5.75 Å². The monoisotopic (exact) mass is 282 g/mol. The van der Waals surface area contributed by atoms with Gasteiger partial charge in [0.1, 0.15) is 5.75 Å². The van der Waals surface area contributed by atoms with E-state index in [-0.39, 0.29) is 30.1 Å².